The Balaban J connectivity index is 2.36. The van der Waals surface area contributed by atoms with Crippen LogP contribution >= 0.6 is 0 Å². The SMILES string of the molecule is CS(=O)(=O)CC(=O)N1CC(CN)C1. The number of likely N-dealkylation sites (tertiary alicyclic amines) is 1. The smallest absolute Gasteiger partial charge is 0.237 e. The summed E-state index contributed by atoms with van der Waals surface area (Å²) in [6, 6.07) is 0. The third kappa shape index (κ3) is 2.96. The highest BCUT2D eigenvalue weighted by Gasteiger charge is 2.30. The second kappa shape index (κ2) is 3.63. The van der Waals surface area contributed by atoms with Crippen LogP contribution in [0.3, 0.4) is 0 Å². The third-order valence-corrected chi connectivity index (χ3v) is 2.80. The van der Waals surface area contributed by atoms with Crippen molar-refractivity contribution in [2.45, 2.75) is 0 Å². The van der Waals surface area contributed by atoms with Gasteiger partial charge in [-0.3, -0.25) is 4.79 Å². The predicted octanol–water partition coefficient (Wildman–Crippen LogP) is -1.55. The highest BCUT2D eigenvalue weighted by molar-refractivity contribution is 7.91. The Morgan fingerprint density at radius 3 is 2.46 bits per heavy atom. The maximum atomic E-state index is 11.2. The molecule has 0 aromatic heterocycles. The Morgan fingerprint density at radius 1 is 1.54 bits per heavy atom. The van der Waals surface area contributed by atoms with Crippen molar-refractivity contribution >= 4 is 15.7 Å². The van der Waals surface area contributed by atoms with E-state index >= 15 is 0 Å². The van der Waals surface area contributed by atoms with Gasteiger partial charge in [0.2, 0.25) is 5.91 Å². The van der Waals surface area contributed by atoms with Crippen molar-refractivity contribution in [3.05, 3.63) is 0 Å². The lowest BCUT2D eigenvalue weighted by Crippen LogP contribution is -2.53. The lowest BCUT2D eigenvalue weighted by molar-refractivity contribution is -0.134. The van der Waals surface area contributed by atoms with Crippen LogP contribution in [0.25, 0.3) is 0 Å². The van der Waals surface area contributed by atoms with Crippen molar-refractivity contribution in [2.75, 3.05) is 31.6 Å². The molecule has 0 radical (unpaired) electrons. The molecule has 1 saturated heterocycles. The first-order valence-electron chi connectivity index (χ1n) is 4.08. The number of nitrogens with zero attached hydrogens (tertiary/aromatic N) is 1. The Labute approximate surface area is 77.8 Å². The van der Waals surface area contributed by atoms with E-state index in [0.717, 1.165) is 6.26 Å². The van der Waals surface area contributed by atoms with Crippen LogP contribution in [-0.4, -0.2) is 50.9 Å². The topological polar surface area (TPSA) is 80.5 Å². The van der Waals surface area contributed by atoms with E-state index in [1.807, 2.05) is 0 Å². The molecule has 1 heterocycles. The Morgan fingerprint density at radius 2 is 2.08 bits per heavy atom. The van der Waals surface area contributed by atoms with E-state index in [0.29, 0.717) is 25.6 Å². The van der Waals surface area contributed by atoms with E-state index < -0.39 is 9.84 Å². The molecule has 0 atom stereocenters. The fraction of sp³-hybridized carbons (Fsp3) is 0.857. The minimum absolute atomic E-state index is 0.313. The van der Waals surface area contributed by atoms with Gasteiger partial charge in [0.05, 0.1) is 0 Å². The summed E-state index contributed by atoms with van der Waals surface area (Å²) in [6.45, 7) is 1.76. The molecular weight excluding hydrogens is 192 g/mol. The van der Waals surface area contributed by atoms with E-state index in [4.69, 9.17) is 5.73 Å². The number of carbonyl (C=O) groups is 1. The average molecular weight is 206 g/mol. The summed E-state index contributed by atoms with van der Waals surface area (Å²) < 4.78 is 21.5. The van der Waals surface area contributed by atoms with Gasteiger partial charge < -0.3 is 10.6 Å². The molecule has 1 rings (SSSR count). The maximum absolute atomic E-state index is 11.2. The third-order valence-electron chi connectivity index (χ3n) is 2.03. The van der Waals surface area contributed by atoms with Gasteiger partial charge in [-0.05, 0) is 6.54 Å². The average Bonchev–Trinajstić information content (AvgIpc) is 1.79. The maximum Gasteiger partial charge on any atom is 0.237 e. The van der Waals surface area contributed by atoms with Crippen molar-refractivity contribution in [3.8, 4) is 0 Å². The second-order valence-corrected chi connectivity index (χ2v) is 5.61. The summed E-state index contributed by atoms with van der Waals surface area (Å²) in [6.07, 6.45) is 1.06. The van der Waals surface area contributed by atoms with Crippen LogP contribution in [0.2, 0.25) is 0 Å². The molecule has 0 saturated carbocycles. The molecule has 5 nitrogen and oxygen atoms in total. The van der Waals surface area contributed by atoms with Crippen LogP contribution in [0.15, 0.2) is 0 Å². The minimum Gasteiger partial charge on any atom is -0.341 e. The van der Waals surface area contributed by atoms with Gasteiger partial charge in [-0.15, -0.1) is 0 Å². The fourth-order valence-corrected chi connectivity index (χ4v) is 1.87. The van der Waals surface area contributed by atoms with Crippen molar-refractivity contribution in [1.29, 1.82) is 0 Å². The zero-order valence-electron chi connectivity index (χ0n) is 7.56. The molecule has 13 heavy (non-hydrogen) atoms. The van der Waals surface area contributed by atoms with Gasteiger partial charge >= 0.3 is 0 Å². The van der Waals surface area contributed by atoms with Gasteiger partial charge in [-0.25, -0.2) is 8.42 Å². The molecule has 0 spiro atoms. The highest BCUT2D eigenvalue weighted by Crippen LogP contribution is 2.14. The molecule has 2 N–H and O–H groups in total. The zero-order chi connectivity index (χ0) is 10.1. The quantitative estimate of drug-likeness (QED) is 0.606. The number of carbonyl (C=O) groups excluding carboxylic acids is 1. The van der Waals surface area contributed by atoms with E-state index in [9.17, 15) is 13.2 Å². The Bertz CT molecular complexity index is 293. The molecule has 0 aliphatic carbocycles. The molecule has 6 heteroatoms. The largest absolute Gasteiger partial charge is 0.341 e. The minimum atomic E-state index is -3.19. The van der Waals surface area contributed by atoms with Gasteiger partial charge in [0.15, 0.2) is 9.84 Å². The van der Waals surface area contributed by atoms with Crippen molar-refractivity contribution in [2.24, 2.45) is 11.7 Å². The summed E-state index contributed by atoms with van der Waals surface area (Å²) in [5.74, 6) is -0.347. The molecule has 1 aliphatic rings. The van der Waals surface area contributed by atoms with Gasteiger partial charge in [-0.1, -0.05) is 0 Å². The van der Waals surface area contributed by atoms with Crippen LogP contribution in [-0.2, 0) is 14.6 Å². The molecule has 76 valence electrons. The number of amides is 1. The molecular formula is C7H14N2O3S. The van der Waals surface area contributed by atoms with E-state index in [2.05, 4.69) is 0 Å². The fourth-order valence-electron chi connectivity index (χ4n) is 1.24. The summed E-state index contributed by atoms with van der Waals surface area (Å²) >= 11 is 0. The number of rotatable bonds is 3. The lowest BCUT2D eigenvalue weighted by Gasteiger charge is -2.38. The summed E-state index contributed by atoms with van der Waals surface area (Å²) in [4.78, 5) is 12.7. The molecule has 0 bridgehead atoms. The summed E-state index contributed by atoms with van der Waals surface area (Å²) in [5.41, 5.74) is 5.37. The predicted molar refractivity (Wildman–Crippen MR) is 48.8 cm³/mol. The summed E-state index contributed by atoms with van der Waals surface area (Å²) in [7, 11) is -3.19. The van der Waals surface area contributed by atoms with Crippen LogP contribution in [0.5, 0.6) is 0 Å². The van der Waals surface area contributed by atoms with Crippen LogP contribution < -0.4 is 5.73 Å². The second-order valence-electron chi connectivity index (χ2n) is 3.47. The molecule has 1 amide bonds. The monoisotopic (exact) mass is 206 g/mol. The van der Waals surface area contributed by atoms with Crippen molar-refractivity contribution < 1.29 is 13.2 Å². The van der Waals surface area contributed by atoms with Gasteiger partial charge in [0, 0.05) is 25.3 Å². The Kier molecular flexibility index (Phi) is 2.92. The van der Waals surface area contributed by atoms with E-state index in [1.165, 1.54) is 4.90 Å². The Hall–Kier alpha value is -0.620. The first-order chi connectivity index (χ1) is 5.92. The van der Waals surface area contributed by atoms with Crippen LogP contribution in [0, 0.1) is 5.92 Å². The number of nitrogens with two attached hydrogens (primary N) is 1. The van der Waals surface area contributed by atoms with E-state index in [-0.39, 0.29) is 11.7 Å². The van der Waals surface area contributed by atoms with E-state index in [1.54, 1.807) is 0 Å². The molecule has 0 aromatic rings. The summed E-state index contributed by atoms with van der Waals surface area (Å²) in [5, 5.41) is 0. The van der Waals surface area contributed by atoms with Gasteiger partial charge in [-0.2, -0.15) is 0 Å². The molecule has 0 unspecified atom stereocenters. The van der Waals surface area contributed by atoms with Gasteiger partial charge in [0.25, 0.3) is 0 Å². The first kappa shape index (κ1) is 10.5. The zero-order valence-corrected chi connectivity index (χ0v) is 8.38. The molecule has 0 aromatic carbocycles. The highest BCUT2D eigenvalue weighted by atomic mass is 32.2. The van der Waals surface area contributed by atoms with Gasteiger partial charge in [0.1, 0.15) is 5.75 Å². The standard InChI is InChI=1S/C7H14N2O3S/c1-13(11,12)5-7(10)9-3-6(2-8)4-9/h6H,2-5,8H2,1H3. The molecule has 1 fully saturated rings. The normalized spacial score (nSPS) is 18.5. The lowest BCUT2D eigenvalue weighted by atomic mass is 10.0. The molecule has 1 aliphatic heterocycles. The number of sulfone groups is 1. The van der Waals surface area contributed by atoms with Crippen molar-refractivity contribution in [1.82, 2.24) is 4.90 Å². The van der Waals surface area contributed by atoms with Crippen LogP contribution in [0.1, 0.15) is 0 Å². The first-order valence-corrected chi connectivity index (χ1v) is 6.14. The number of hydrogen-bond acceptors (Lipinski definition) is 4. The number of hydrogen-bond donors (Lipinski definition) is 1. The van der Waals surface area contributed by atoms with Crippen molar-refractivity contribution in [3.63, 3.8) is 0 Å². The van der Waals surface area contributed by atoms with Crippen LogP contribution in [0.4, 0.5) is 0 Å².